The van der Waals surface area contributed by atoms with Crippen LogP contribution in [0.3, 0.4) is 0 Å². The molecule has 0 aromatic carbocycles. The summed E-state index contributed by atoms with van der Waals surface area (Å²) in [5.41, 5.74) is 0. The van der Waals surface area contributed by atoms with Crippen LogP contribution in [-0.4, -0.2) is 16.5 Å². The van der Waals surface area contributed by atoms with Gasteiger partial charge in [0.1, 0.15) is 23.2 Å². The molecule has 0 spiro atoms. The third kappa shape index (κ3) is 2.99. The van der Waals surface area contributed by atoms with Gasteiger partial charge in [0, 0.05) is 25.1 Å². The van der Waals surface area contributed by atoms with Crippen molar-refractivity contribution in [2.75, 3.05) is 11.4 Å². The first-order valence-electron chi connectivity index (χ1n) is 8.92. The van der Waals surface area contributed by atoms with Crippen molar-refractivity contribution in [1.29, 1.82) is 0 Å². The average molecular weight is 311 g/mol. The number of aryl methyl sites for hydroxylation is 1. The smallest absolute Gasteiger partial charge is 0.133 e. The number of hydrogen-bond donors (Lipinski definition) is 0. The Labute approximate surface area is 137 Å². The Hall–Kier alpha value is -1.84. The Kier molecular flexibility index (Phi) is 3.83. The summed E-state index contributed by atoms with van der Waals surface area (Å²) in [5, 5.41) is 0. The molecule has 0 radical (unpaired) electrons. The van der Waals surface area contributed by atoms with Crippen molar-refractivity contribution in [2.45, 2.75) is 57.9 Å². The molecule has 1 saturated carbocycles. The SMILES string of the molecule is CCc1ccc(C2CC(C)CCN2c2ccnc(C3CC3)n2)o1. The monoisotopic (exact) mass is 311 g/mol. The Morgan fingerprint density at radius 1 is 1.22 bits per heavy atom. The summed E-state index contributed by atoms with van der Waals surface area (Å²) in [5.74, 6) is 5.55. The Morgan fingerprint density at radius 3 is 2.83 bits per heavy atom. The zero-order valence-corrected chi connectivity index (χ0v) is 14.0. The number of nitrogens with zero attached hydrogens (tertiary/aromatic N) is 3. The molecular formula is C19H25N3O. The van der Waals surface area contributed by atoms with Crippen LogP contribution in [0.2, 0.25) is 0 Å². The van der Waals surface area contributed by atoms with Crippen molar-refractivity contribution in [3.8, 4) is 0 Å². The van der Waals surface area contributed by atoms with Crippen LogP contribution in [0.1, 0.15) is 68.8 Å². The molecule has 4 nitrogen and oxygen atoms in total. The van der Waals surface area contributed by atoms with Gasteiger partial charge in [-0.15, -0.1) is 0 Å². The topological polar surface area (TPSA) is 42.2 Å². The van der Waals surface area contributed by atoms with E-state index in [1.165, 1.54) is 19.3 Å². The molecule has 2 aliphatic rings. The highest BCUT2D eigenvalue weighted by Gasteiger charge is 2.32. The molecule has 2 fully saturated rings. The minimum Gasteiger partial charge on any atom is -0.464 e. The van der Waals surface area contributed by atoms with Gasteiger partial charge in [0.05, 0.1) is 6.04 Å². The first-order valence-corrected chi connectivity index (χ1v) is 8.92. The van der Waals surface area contributed by atoms with E-state index in [0.29, 0.717) is 12.0 Å². The second-order valence-electron chi connectivity index (χ2n) is 7.04. The maximum absolute atomic E-state index is 6.08. The molecular weight excluding hydrogens is 286 g/mol. The molecule has 23 heavy (non-hydrogen) atoms. The van der Waals surface area contributed by atoms with Crippen LogP contribution in [0.5, 0.6) is 0 Å². The van der Waals surface area contributed by atoms with E-state index in [-0.39, 0.29) is 0 Å². The lowest BCUT2D eigenvalue weighted by molar-refractivity contribution is 0.321. The van der Waals surface area contributed by atoms with E-state index in [1.54, 1.807) is 0 Å². The van der Waals surface area contributed by atoms with Crippen molar-refractivity contribution in [2.24, 2.45) is 5.92 Å². The summed E-state index contributed by atoms with van der Waals surface area (Å²) < 4.78 is 6.08. The fourth-order valence-corrected chi connectivity index (χ4v) is 3.51. The third-order valence-corrected chi connectivity index (χ3v) is 5.12. The summed E-state index contributed by atoms with van der Waals surface area (Å²) in [6.07, 6.45) is 7.68. The van der Waals surface area contributed by atoms with Gasteiger partial charge in [-0.3, -0.25) is 0 Å². The van der Waals surface area contributed by atoms with Gasteiger partial charge in [0.25, 0.3) is 0 Å². The van der Waals surface area contributed by atoms with Crippen LogP contribution in [-0.2, 0) is 6.42 Å². The quantitative estimate of drug-likeness (QED) is 0.834. The van der Waals surface area contributed by atoms with Crippen LogP contribution in [0.4, 0.5) is 5.82 Å². The maximum atomic E-state index is 6.08. The molecule has 4 heteroatoms. The van der Waals surface area contributed by atoms with E-state index in [0.717, 1.165) is 48.5 Å². The molecule has 0 N–H and O–H groups in total. The number of hydrogen-bond acceptors (Lipinski definition) is 4. The Morgan fingerprint density at radius 2 is 2.09 bits per heavy atom. The molecule has 2 atom stereocenters. The zero-order chi connectivity index (χ0) is 15.8. The minimum atomic E-state index is 0.293. The van der Waals surface area contributed by atoms with Gasteiger partial charge in [-0.2, -0.15) is 0 Å². The summed E-state index contributed by atoms with van der Waals surface area (Å²) >= 11 is 0. The van der Waals surface area contributed by atoms with E-state index in [4.69, 9.17) is 9.40 Å². The van der Waals surface area contributed by atoms with Gasteiger partial charge < -0.3 is 9.32 Å². The van der Waals surface area contributed by atoms with E-state index in [1.807, 2.05) is 6.20 Å². The molecule has 2 unspecified atom stereocenters. The van der Waals surface area contributed by atoms with Crippen molar-refractivity contribution in [3.05, 3.63) is 41.7 Å². The molecule has 1 aliphatic carbocycles. The van der Waals surface area contributed by atoms with Gasteiger partial charge in [-0.1, -0.05) is 13.8 Å². The van der Waals surface area contributed by atoms with Crippen LogP contribution >= 0.6 is 0 Å². The molecule has 1 saturated heterocycles. The summed E-state index contributed by atoms with van der Waals surface area (Å²) in [6, 6.07) is 6.61. The fourth-order valence-electron chi connectivity index (χ4n) is 3.51. The normalized spacial score (nSPS) is 24.9. The molecule has 3 heterocycles. The largest absolute Gasteiger partial charge is 0.464 e. The number of anilines is 1. The number of rotatable bonds is 4. The second kappa shape index (κ2) is 5.99. The predicted molar refractivity (Wildman–Crippen MR) is 90.6 cm³/mol. The predicted octanol–water partition coefficient (Wildman–Crippen LogP) is 4.49. The molecule has 2 aromatic rings. The van der Waals surface area contributed by atoms with Crippen molar-refractivity contribution in [1.82, 2.24) is 9.97 Å². The van der Waals surface area contributed by atoms with Crippen LogP contribution in [0, 0.1) is 5.92 Å². The fraction of sp³-hybridized carbons (Fsp3) is 0.579. The Balaban J connectivity index is 1.65. The highest BCUT2D eigenvalue weighted by molar-refractivity contribution is 5.42. The highest BCUT2D eigenvalue weighted by Crippen LogP contribution is 2.40. The van der Waals surface area contributed by atoms with Crippen LogP contribution < -0.4 is 4.90 Å². The number of aromatic nitrogens is 2. The Bertz CT molecular complexity index is 677. The van der Waals surface area contributed by atoms with Crippen molar-refractivity contribution in [3.63, 3.8) is 0 Å². The van der Waals surface area contributed by atoms with Crippen LogP contribution in [0.15, 0.2) is 28.8 Å². The maximum Gasteiger partial charge on any atom is 0.133 e. The highest BCUT2D eigenvalue weighted by atomic mass is 16.3. The van der Waals surface area contributed by atoms with Gasteiger partial charge in [0.2, 0.25) is 0 Å². The minimum absolute atomic E-state index is 0.293. The average Bonchev–Trinajstić information content (AvgIpc) is 3.32. The third-order valence-electron chi connectivity index (χ3n) is 5.12. The van der Waals surface area contributed by atoms with Gasteiger partial charge in [-0.25, -0.2) is 9.97 Å². The number of piperidine rings is 1. The second-order valence-corrected chi connectivity index (χ2v) is 7.04. The van der Waals surface area contributed by atoms with E-state index < -0.39 is 0 Å². The van der Waals surface area contributed by atoms with E-state index >= 15 is 0 Å². The molecule has 1 aliphatic heterocycles. The van der Waals surface area contributed by atoms with Gasteiger partial charge in [-0.05, 0) is 49.8 Å². The summed E-state index contributed by atoms with van der Waals surface area (Å²) in [4.78, 5) is 11.7. The lowest BCUT2D eigenvalue weighted by atomic mass is 9.91. The lowest BCUT2D eigenvalue weighted by Gasteiger charge is -2.38. The zero-order valence-electron chi connectivity index (χ0n) is 14.0. The molecule has 2 aromatic heterocycles. The first-order chi connectivity index (χ1) is 11.2. The molecule has 0 amide bonds. The van der Waals surface area contributed by atoms with Gasteiger partial charge >= 0.3 is 0 Å². The molecule has 4 rings (SSSR count). The molecule has 0 bridgehead atoms. The molecule has 122 valence electrons. The van der Waals surface area contributed by atoms with Crippen molar-refractivity contribution >= 4 is 5.82 Å². The summed E-state index contributed by atoms with van der Waals surface area (Å²) in [7, 11) is 0. The number of furan rings is 1. The standard InChI is InChI=1S/C19H25N3O/c1-3-15-6-7-17(23-15)16-12-13(2)9-11-22(16)18-8-10-20-19(21-18)14-4-5-14/h6-8,10,13-14,16H,3-5,9,11-12H2,1-2H3. The van der Waals surface area contributed by atoms with Crippen LogP contribution in [0.25, 0.3) is 0 Å². The lowest BCUT2D eigenvalue weighted by Crippen LogP contribution is -2.36. The first kappa shape index (κ1) is 14.7. The van der Waals surface area contributed by atoms with E-state index in [9.17, 15) is 0 Å². The van der Waals surface area contributed by atoms with E-state index in [2.05, 4.69) is 41.9 Å². The summed E-state index contributed by atoms with van der Waals surface area (Å²) in [6.45, 7) is 5.51. The van der Waals surface area contributed by atoms with Crippen molar-refractivity contribution < 1.29 is 4.42 Å². The van der Waals surface area contributed by atoms with Gasteiger partial charge in [0.15, 0.2) is 0 Å².